The van der Waals surface area contributed by atoms with Gasteiger partial charge in [-0.2, -0.15) is 0 Å². The molecule has 3 nitrogen and oxygen atoms in total. The Morgan fingerprint density at radius 2 is 1.40 bits per heavy atom. The number of pyridine rings is 3. The maximum absolute atomic E-state index is 6.20. The van der Waals surface area contributed by atoms with Crippen molar-refractivity contribution >= 4 is 11.6 Å². The van der Waals surface area contributed by atoms with Crippen molar-refractivity contribution in [2.75, 3.05) is 0 Å². The summed E-state index contributed by atoms with van der Waals surface area (Å²) in [6.45, 7) is 0. The van der Waals surface area contributed by atoms with E-state index in [-0.39, 0.29) is 21.1 Å². The zero-order valence-corrected chi connectivity index (χ0v) is 13.3. The second-order valence-corrected chi connectivity index (χ2v) is 4.36. The quantitative estimate of drug-likeness (QED) is 0.580. The van der Waals surface area contributed by atoms with Crippen LogP contribution in [0.5, 0.6) is 0 Å². The maximum atomic E-state index is 6.20. The van der Waals surface area contributed by atoms with E-state index in [1.165, 1.54) is 0 Å². The molecule has 0 saturated carbocycles. The normalized spacial score (nSPS) is 9.85. The first kappa shape index (κ1) is 14.8. The average molecular weight is 463 g/mol. The van der Waals surface area contributed by atoms with Gasteiger partial charge in [-0.15, -0.1) is 0 Å². The number of rotatable bonds is 2. The minimum atomic E-state index is 0. The van der Waals surface area contributed by atoms with E-state index < -0.39 is 0 Å². The first-order chi connectivity index (χ1) is 9.36. The minimum Gasteiger partial charge on any atom is -0.256 e. The van der Waals surface area contributed by atoms with Gasteiger partial charge in [0.2, 0.25) is 0 Å². The van der Waals surface area contributed by atoms with Crippen LogP contribution in [0.1, 0.15) is 0 Å². The van der Waals surface area contributed by atoms with Gasteiger partial charge < -0.3 is 0 Å². The van der Waals surface area contributed by atoms with Crippen molar-refractivity contribution in [3.8, 4) is 22.6 Å². The molecule has 0 saturated heterocycles. The third-order valence-corrected chi connectivity index (χ3v) is 3.04. The zero-order valence-electron chi connectivity index (χ0n) is 10.3. The van der Waals surface area contributed by atoms with Crippen LogP contribution in [0.2, 0.25) is 5.02 Å². The Balaban J connectivity index is 0.00000147. The number of hydrogen-bond donors (Lipinski definition) is 0. The Kier molecular flexibility index (Phi) is 4.99. The van der Waals surface area contributed by atoms with E-state index in [2.05, 4.69) is 15.0 Å². The Hall–Kier alpha value is -1.57. The summed E-state index contributed by atoms with van der Waals surface area (Å²) >= 11 is 6.20. The van der Waals surface area contributed by atoms with Gasteiger partial charge in [0.1, 0.15) is 5.69 Å². The molecule has 0 atom stereocenters. The van der Waals surface area contributed by atoms with E-state index in [9.17, 15) is 0 Å². The van der Waals surface area contributed by atoms with Crippen molar-refractivity contribution in [1.29, 1.82) is 0 Å². The fourth-order valence-electron chi connectivity index (χ4n) is 1.88. The first-order valence-electron chi connectivity index (χ1n) is 5.83. The number of nitrogens with zero attached hydrogens (tertiary/aromatic N) is 3. The predicted octanol–water partition coefficient (Wildman–Crippen LogP) is 3.86. The summed E-state index contributed by atoms with van der Waals surface area (Å²) in [5.41, 5.74) is 3.19. The van der Waals surface area contributed by atoms with E-state index in [0.717, 1.165) is 17.0 Å². The molecule has 0 aromatic carbocycles. The summed E-state index contributed by atoms with van der Waals surface area (Å²) in [5.74, 6) is 0. The van der Waals surface area contributed by atoms with E-state index in [4.69, 9.17) is 11.6 Å². The van der Waals surface area contributed by atoms with Crippen LogP contribution in [-0.4, -0.2) is 15.0 Å². The van der Waals surface area contributed by atoms with Gasteiger partial charge >= 0.3 is 21.1 Å². The van der Waals surface area contributed by atoms with E-state index in [0.29, 0.717) is 10.7 Å². The summed E-state index contributed by atoms with van der Waals surface area (Å²) in [6.07, 6.45) is 5.19. The van der Waals surface area contributed by atoms with Gasteiger partial charge in [-0.25, -0.2) is 0 Å². The molecule has 0 fully saturated rings. The molecule has 3 aromatic heterocycles. The molecule has 100 valence electrons. The molecule has 0 bridgehead atoms. The number of hydrogen-bond acceptors (Lipinski definition) is 3. The van der Waals surface area contributed by atoms with Crippen LogP contribution in [-0.2, 0) is 21.1 Å². The van der Waals surface area contributed by atoms with Gasteiger partial charge in [0.15, 0.2) is 0 Å². The van der Waals surface area contributed by atoms with Gasteiger partial charge in [-0.3, -0.25) is 15.0 Å². The minimum absolute atomic E-state index is 0. The molecule has 0 aliphatic carbocycles. The first-order valence-corrected chi connectivity index (χ1v) is 6.21. The van der Waals surface area contributed by atoms with Crippen LogP contribution < -0.4 is 0 Å². The Bertz CT molecular complexity index is 704. The van der Waals surface area contributed by atoms with E-state index in [1.807, 2.05) is 30.3 Å². The molecule has 0 N–H and O–H groups in total. The van der Waals surface area contributed by atoms with Crippen molar-refractivity contribution < 1.29 is 21.1 Å². The molecular formula is C15H10ClN3Pt+2. The molecule has 0 amide bonds. The fraction of sp³-hybridized carbons (Fsp3) is 0. The fourth-order valence-corrected chi connectivity index (χ4v) is 2.09. The second kappa shape index (κ2) is 6.73. The molecule has 0 radical (unpaired) electrons. The van der Waals surface area contributed by atoms with E-state index >= 15 is 0 Å². The molecule has 0 unspecified atom stereocenters. The topological polar surface area (TPSA) is 38.7 Å². The van der Waals surface area contributed by atoms with Crippen LogP contribution in [0.3, 0.4) is 0 Å². The van der Waals surface area contributed by atoms with Crippen molar-refractivity contribution in [2.24, 2.45) is 0 Å². The van der Waals surface area contributed by atoms with Crippen molar-refractivity contribution in [2.45, 2.75) is 0 Å². The second-order valence-electron chi connectivity index (χ2n) is 3.95. The molecular weight excluding hydrogens is 453 g/mol. The standard InChI is InChI=1S/C15H10ClN3.Pt/c16-12-6-4-10-19-15(12)14-11(5-3-9-18-14)13-7-1-2-8-17-13;/h1-10H;/q;+2. The van der Waals surface area contributed by atoms with Crippen LogP contribution >= 0.6 is 11.6 Å². The van der Waals surface area contributed by atoms with Gasteiger partial charge in [0, 0.05) is 24.2 Å². The SMILES string of the molecule is Clc1cccnc1-c1ncccc1-c1ccccn1.[Pt+2]. The summed E-state index contributed by atoms with van der Waals surface area (Å²) < 4.78 is 0. The van der Waals surface area contributed by atoms with Crippen molar-refractivity contribution in [3.63, 3.8) is 0 Å². The van der Waals surface area contributed by atoms with Gasteiger partial charge in [-0.1, -0.05) is 17.7 Å². The summed E-state index contributed by atoms with van der Waals surface area (Å²) in [6, 6.07) is 13.2. The Labute approximate surface area is 136 Å². The predicted molar refractivity (Wildman–Crippen MR) is 75.7 cm³/mol. The third kappa shape index (κ3) is 2.95. The summed E-state index contributed by atoms with van der Waals surface area (Å²) in [4.78, 5) is 13.1. The Morgan fingerprint density at radius 1 is 0.700 bits per heavy atom. The molecule has 3 rings (SSSR count). The van der Waals surface area contributed by atoms with Crippen molar-refractivity contribution in [3.05, 3.63) is 66.1 Å². The average Bonchev–Trinajstić information content (AvgIpc) is 2.49. The van der Waals surface area contributed by atoms with Crippen LogP contribution in [0.15, 0.2) is 61.1 Å². The maximum Gasteiger partial charge on any atom is 2.00 e. The molecule has 3 heterocycles. The smallest absolute Gasteiger partial charge is 0.256 e. The molecule has 20 heavy (non-hydrogen) atoms. The largest absolute Gasteiger partial charge is 2.00 e. The Morgan fingerprint density at radius 3 is 2.10 bits per heavy atom. The van der Waals surface area contributed by atoms with Gasteiger partial charge in [0.25, 0.3) is 0 Å². The van der Waals surface area contributed by atoms with Gasteiger partial charge in [-0.05, 0) is 36.4 Å². The summed E-state index contributed by atoms with van der Waals surface area (Å²) in [5, 5.41) is 0.582. The molecule has 3 aromatic rings. The molecule has 0 spiro atoms. The molecule has 0 aliphatic rings. The molecule has 5 heteroatoms. The van der Waals surface area contributed by atoms with Crippen LogP contribution in [0.4, 0.5) is 0 Å². The van der Waals surface area contributed by atoms with Crippen molar-refractivity contribution in [1.82, 2.24) is 15.0 Å². The number of aromatic nitrogens is 3. The third-order valence-electron chi connectivity index (χ3n) is 2.73. The monoisotopic (exact) mass is 462 g/mol. The van der Waals surface area contributed by atoms with Gasteiger partial charge in [0.05, 0.1) is 16.4 Å². The van der Waals surface area contributed by atoms with Crippen LogP contribution in [0, 0.1) is 0 Å². The molecule has 0 aliphatic heterocycles. The zero-order chi connectivity index (χ0) is 13.1. The van der Waals surface area contributed by atoms with E-state index in [1.54, 1.807) is 30.7 Å². The number of halogens is 1. The summed E-state index contributed by atoms with van der Waals surface area (Å²) in [7, 11) is 0. The van der Waals surface area contributed by atoms with Crippen LogP contribution in [0.25, 0.3) is 22.6 Å².